The Bertz CT molecular complexity index is 554. The summed E-state index contributed by atoms with van der Waals surface area (Å²) in [5, 5.41) is 17.7. The van der Waals surface area contributed by atoms with Crippen molar-refractivity contribution in [1.82, 2.24) is 13.5 Å². The van der Waals surface area contributed by atoms with Crippen molar-refractivity contribution < 1.29 is 13.2 Å². The summed E-state index contributed by atoms with van der Waals surface area (Å²) >= 11 is 0. The van der Waals surface area contributed by atoms with Gasteiger partial charge in [-0.15, -0.1) is 0 Å². The van der Waals surface area contributed by atoms with Crippen LogP contribution in [0.1, 0.15) is 12.8 Å². The fraction of sp³-hybridized carbons (Fsp3) is 0.857. The van der Waals surface area contributed by atoms with E-state index in [1.54, 1.807) is 0 Å². The van der Waals surface area contributed by atoms with Crippen molar-refractivity contribution in [2.75, 3.05) is 59.0 Å². The van der Waals surface area contributed by atoms with Gasteiger partial charge in [-0.05, 0) is 6.42 Å². The second kappa shape index (κ2) is 8.57. The van der Waals surface area contributed by atoms with E-state index >= 15 is 0 Å². The van der Waals surface area contributed by atoms with Gasteiger partial charge in [0.15, 0.2) is 0 Å². The van der Waals surface area contributed by atoms with Crippen LogP contribution >= 0.6 is 0 Å². The summed E-state index contributed by atoms with van der Waals surface area (Å²) in [4.78, 5) is 2.11. The molecular formula is C14H23N5O3S. The molecule has 0 aromatic rings. The third-order valence-corrected chi connectivity index (χ3v) is 6.26. The molecule has 0 N–H and O–H groups in total. The molecule has 0 aromatic carbocycles. The minimum absolute atomic E-state index is 0.169. The maximum Gasteiger partial charge on any atom is 0.282 e. The molecule has 2 saturated heterocycles. The summed E-state index contributed by atoms with van der Waals surface area (Å²) in [6.07, 6.45) is 0.947. The van der Waals surface area contributed by atoms with E-state index in [4.69, 9.17) is 15.3 Å². The monoisotopic (exact) mass is 341 g/mol. The summed E-state index contributed by atoms with van der Waals surface area (Å²) in [5.74, 6) is -0.169. The lowest BCUT2D eigenvalue weighted by Gasteiger charge is -2.38. The molecule has 0 aromatic heterocycles. The minimum Gasteiger partial charge on any atom is -0.379 e. The SMILES string of the molecule is N#CCCC(C#N)CN1CCN(S(=O)(=O)N2CCOCC2)CC1. The molecule has 0 bridgehead atoms. The normalized spacial score (nSPS) is 23.0. The number of piperazine rings is 1. The molecule has 0 aliphatic carbocycles. The van der Waals surface area contributed by atoms with Crippen LogP contribution in [-0.2, 0) is 14.9 Å². The Hall–Kier alpha value is -1.23. The molecule has 0 amide bonds. The number of hydrogen-bond donors (Lipinski definition) is 0. The molecule has 9 heteroatoms. The highest BCUT2D eigenvalue weighted by Gasteiger charge is 2.33. The zero-order valence-corrected chi connectivity index (χ0v) is 14.0. The number of hydrogen-bond acceptors (Lipinski definition) is 6. The molecule has 0 radical (unpaired) electrons. The molecule has 8 nitrogen and oxygen atoms in total. The van der Waals surface area contributed by atoms with Crippen molar-refractivity contribution in [3.8, 4) is 12.1 Å². The Morgan fingerprint density at radius 3 is 2.17 bits per heavy atom. The van der Waals surface area contributed by atoms with Gasteiger partial charge in [-0.1, -0.05) is 0 Å². The highest BCUT2D eigenvalue weighted by molar-refractivity contribution is 7.86. The van der Waals surface area contributed by atoms with Crippen LogP contribution in [0.15, 0.2) is 0 Å². The van der Waals surface area contributed by atoms with Crippen molar-refractivity contribution in [2.24, 2.45) is 5.92 Å². The fourth-order valence-electron chi connectivity index (χ4n) is 2.83. The molecular weight excluding hydrogens is 318 g/mol. The highest BCUT2D eigenvalue weighted by atomic mass is 32.2. The van der Waals surface area contributed by atoms with Crippen LogP contribution in [-0.4, -0.2) is 81.0 Å². The average molecular weight is 341 g/mol. The van der Waals surface area contributed by atoms with E-state index in [1.807, 2.05) is 0 Å². The van der Waals surface area contributed by atoms with Gasteiger partial charge in [0.1, 0.15) is 0 Å². The number of rotatable bonds is 6. The lowest BCUT2D eigenvalue weighted by molar-refractivity contribution is 0.0683. The molecule has 2 aliphatic heterocycles. The first-order valence-electron chi connectivity index (χ1n) is 7.90. The van der Waals surface area contributed by atoms with Gasteiger partial charge < -0.3 is 4.74 Å². The van der Waals surface area contributed by atoms with Gasteiger partial charge in [-0.2, -0.15) is 27.6 Å². The van der Waals surface area contributed by atoms with E-state index < -0.39 is 10.2 Å². The molecule has 0 saturated carbocycles. The lowest BCUT2D eigenvalue weighted by Crippen LogP contribution is -2.55. The van der Waals surface area contributed by atoms with Crippen molar-refractivity contribution in [1.29, 1.82) is 10.5 Å². The molecule has 0 spiro atoms. The van der Waals surface area contributed by atoms with E-state index in [9.17, 15) is 8.42 Å². The summed E-state index contributed by atoms with van der Waals surface area (Å²) in [6.45, 7) is 4.43. The maximum absolute atomic E-state index is 12.6. The smallest absolute Gasteiger partial charge is 0.282 e. The standard InChI is InChI=1S/C14H23N5O3S/c15-3-1-2-14(12-16)13-17-4-6-18(7-5-17)23(20,21)19-8-10-22-11-9-19/h14H,1-2,4-11,13H2. The fourth-order valence-corrected chi connectivity index (χ4v) is 4.39. The average Bonchev–Trinajstić information content (AvgIpc) is 2.59. The first-order chi connectivity index (χ1) is 11.1. The molecule has 2 aliphatic rings. The van der Waals surface area contributed by atoms with E-state index in [2.05, 4.69) is 17.0 Å². The molecule has 128 valence electrons. The topological polar surface area (TPSA) is 101 Å². The van der Waals surface area contributed by atoms with E-state index in [0.717, 1.165) is 0 Å². The maximum atomic E-state index is 12.6. The lowest BCUT2D eigenvalue weighted by atomic mass is 10.0. The summed E-state index contributed by atoms with van der Waals surface area (Å²) in [5.41, 5.74) is 0. The van der Waals surface area contributed by atoms with Crippen molar-refractivity contribution >= 4 is 10.2 Å². The number of nitrogens with zero attached hydrogens (tertiary/aromatic N) is 5. The molecule has 1 atom stereocenters. The first-order valence-corrected chi connectivity index (χ1v) is 9.29. The van der Waals surface area contributed by atoms with Crippen molar-refractivity contribution in [3.63, 3.8) is 0 Å². The summed E-state index contributed by atoms with van der Waals surface area (Å²) in [6, 6.07) is 4.29. The van der Waals surface area contributed by atoms with Crippen LogP contribution in [0.4, 0.5) is 0 Å². The van der Waals surface area contributed by atoms with Crippen molar-refractivity contribution in [3.05, 3.63) is 0 Å². The number of ether oxygens (including phenoxy) is 1. The van der Waals surface area contributed by atoms with Gasteiger partial charge in [0, 0.05) is 52.2 Å². The van der Waals surface area contributed by atoms with Crippen LogP contribution in [0.25, 0.3) is 0 Å². The molecule has 2 fully saturated rings. The first kappa shape index (κ1) is 18.1. The quantitative estimate of drug-likeness (QED) is 0.653. The molecule has 1 unspecified atom stereocenters. The second-order valence-electron chi connectivity index (χ2n) is 5.74. The molecule has 23 heavy (non-hydrogen) atoms. The van der Waals surface area contributed by atoms with E-state index in [0.29, 0.717) is 71.9 Å². The Balaban J connectivity index is 1.83. The largest absolute Gasteiger partial charge is 0.379 e. The minimum atomic E-state index is -3.40. The third kappa shape index (κ3) is 4.87. The van der Waals surface area contributed by atoms with Gasteiger partial charge in [0.25, 0.3) is 10.2 Å². The van der Waals surface area contributed by atoms with Gasteiger partial charge in [0.2, 0.25) is 0 Å². The Morgan fingerprint density at radius 1 is 1.00 bits per heavy atom. The van der Waals surface area contributed by atoms with Gasteiger partial charge in [-0.25, -0.2) is 0 Å². The summed E-state index contributed by atoms with van der Waals surface area (Å²) < 4.78 is 33.3. The molecule has 2 rings (SSSR count). The number of morpholine rings is 1. The van der Waals surface area contributed by atoms with Crippen molar-refractivity contribution in [2.45, 2.75) is 12.8 Å². The van der Waals surface area contributed by atoms with Gasteiger partial charge in [0.05, 0.1) is 31.3 Å². The zero-order chi connectivity index (χ0) is 16.7. The second-order valence-corrected chi connectivity index (χ2v) is 7.67. The Morgan fingerprint density at radius 2 is 1.61 bits per heavy atom. The van der Waals surface area contributed by atoms with Crippen LogP contribution in [0, 0.1) is 28.6 Å². The van der Waals surface area contributed by atoms with Crippen LogP contribution in [0.5, 0.6) is 0 Å². The van der Waals surface area contributed by atoms with Crippen LogP contribution < -0.4 is 0 Å². The molecule has 2 heterocycles. The third-order valence-electron chi connectivity index (χ3n) is 4.22. The van der Waals surface area contributed by atoms with Gasteiger partial charge >= 0.3 is 0 Å². The van der Waals surface area contributed by atoms with Crippen LogP contribution in [0.3, 0.4) is 0 Å². The van der Waals surface area contributed by atoms with Gasteiger partial charge in [-0.3, -0.25) is 4.90 Å². The van der Waals surface area contributed by atoms with E-state index in [-0.39, 0.29) is 5.92 Å². The van der Waals surface area contributed by atoms with E-state index in [1.165, 1.54) is 8.61 Å². The Kier molecular flexibility index (Phi) is 6.75. The Labute approximate surface area is 138 Å². The van der Waals surface area contributed by atoms with Crippen LogP contribution in [0.2, 0.25) is 0 Å². The zero-order valence-electron chi connectivity index (χ0n) is 13.2. The highest BCUT2D eigenvalue weighted by Crippen LogP contribution is 2.15. The number of nitriles is 2. The predicted molar refractivity (Wildman–Crippen MR) is 83.3 cm³/mol. The summed E-state index contributed by atoms with van der Waals surface area (Å²) in [7, 11) is -3.40. The predicted octanol–water partition coefficient (Wildman–Crippen LogP) is -0.375.